The maximum atomic E-state index is 12.3. The number of nitrogens with zero attached hydrogens (tertiary/aromatic N) is 2. The molecule has 0 saturated heterocycles. The van der Waals surface area contributed by atoms with Crippen LogP contribution in [0.3, 0.4) is 0 Å². The Bertz CT molecular complexity index is 431. The predicted octanol–water partition coefficient (Wildman–Crippen LogP) is 1.36. The van der Waals surface area contributed by atoms with Crippen LogP contribution in [0.4, 0.5) is 0 Å². The van der Waals surface area contributed by atoms with Gasteiger partial charge in [-0.1, -0.05) is 12.1 Å². The van der Waals surface area contributed by atoms with Crippen molar-refractivity contribution in [3.63, 3.8) is 0 Å². The van der Waals surface area contributed by atoms with Crippen LogP contribution in [0.2, 0.25) is 0 Å². The standard InChI is InChI=1S/C11H17N3O3S/c1-3-5-14(7-9(12)13-16)11(15)10-8(17-2)4-6-18-10/h4,6,16H,3,5,7H2,1-2H3,(H2,12,13). The SMILES string of the molecule is CCCN(C/C(N)=N/O)C(=O)c1sccc1OC. The summed E-state index contributed by atoms with van der Waals surface area (Å²) in [4.78, 5) is 14.3. The van der Waals surface area contributed by atoms with Crippen molar-refractivity contribution >= 4 is 23.1 Å². The zero-order valence-corrected chi connectivity index (χ0v) is 11.2. The Kier molecular flexibility index (Phi) is 5.44. The monoisotopic (exact) mass is 271 g/mol. The lowest BCUT2D eigenvalue weighted by atomic mass is 10.3. The highest BCUT2D eigenvalue weighted by atomic mass is 32.1. The second kappa shape index (κ2) is 6.85. The van der Waals surface area contributed by atoms with E-state index in [2.05, 4.69) is 5.16 Å². The first-order valence-corrected chi connectivity index (χ1v) is 6.39. The van der Waals surface area contributed by atoms with Crippen molar-refractivity contribution in [2.45, 2.75) is 13.3 Å². The molecule has 0 atom stereocenters. The molecule has 7 heteroatoms. The summed E-state index contributed by atoms with van der Waals surface area (Å²) in [6.45, 7) is 2.60. The molecule has 0 bridgehead atoms. The summed E-state index contributed by atoms with van der Waals surface area (Å²) in [7, 11) is 1.52. The number of ether oxygens (including phenoxy) is 1. The van der Waals surface area contributed by atoms with Crippen LogP contribution >= 0.6 is 11.3 Å². The third kappa shape index (κ3) is 3.36. The van der Waals surface area contributed by atoms with Crippen LogP contribution in [-0.4, -0.2) is 42.0 Å². The van der Waals surface area contributed by atoms with Crippen LogP contribution in [0.15, 0.2) is 16.6 Å². The minimum Gasteiger partial charge on any atom is -0.495 e. The first-order chi connectivity index (χ1) is 8.63. The molecule has 18 heavy (non-hydrogen) atoms. The fraction of sp³-hybridized carbons (Fsp3) is 0.455. The van der Waals surface area contributed by atoms with Gasteiger partial charge in [-0.05, 0) is 17.9 Å². The van der Waals surface area contributed by atoms with Gasteiger partial charge in [0.05, 0.1) is 13.7 Å². The Labute approximate surface area is 110 Å². The Hall–Kier alpha value is -1.76. The molecule has 3 N–H and O–H groups in total. The Morgan fingerprint density at radius 2 is 2.39 bits per heavy atom. The molecule has 0 radical (unpaired) electrons. The van der Waals surface area contributed by atoms with Crippen molar-refractivity contribution < 1.29 is 14.7 Å². The largest absolute Gasteiger partial charge is 0.495 e. The van der Waals surface area contributed by atoms with E-state index in [9.17, 15) is 4.79 Å². The average Bonchev–Trinajstić information content (AvgIpc) is 2.85. The Balaban J connectivity index is 2.88. The topological polar surface area (TPSA) is 88.1 Å². The number of methoxy groups -OCH3 is 1. The van der Waals surface area contributed by atoms with E-state index in [0.29, 0.717) is 17.2 Å². The molecule has 100 valence electrons. The van der Waals surface area contributed by atoms with Crippen molar-refractivity contribution in [2.24, 2.45) is 10.9 Å². The van der Waals surface area contributed by atoms with Crippen LogP contribution in [0.5, 0.6) is 5.75 Å². The molecule has 1 heterocycles. The summed E-state index contributed by atoms with van der Waals surface area (Å²) in [5, 5.41) is 13.2. The third-order valence-corrected chi connectivity index (χ3v) is 3.19. The van der Waals surface area contributed by atoms with Gasteiger partial charge in [-0.25, -0.2) is 0 Å². The van der Waals surface area contributed by atoms with E-state index in [4.69, 9.17) is 15.7 Å². The molecule has 0 fully saturated rings. The molecule has 1 aromatic heterocycles. The molecule has 0 saturated carbocycles. The number of carbonyl (C=O) groups is 1. The fourth-order valence-corrected chi connectivity index (χ4v) is 2.33. The summed E-state index contributed by atoms with van der Waals surface area (Å²) in [5.41, 5.74) is 5.44. The molecule has 0 unspecified atom stereocenters. The highest BCUT2D eigenvalue weighted by Crippen LogP contribution is 2.25. The normalized spacial score (nSPS) is 11.3. The summed E-state index contributed by atoms with van der Waals surface area (Å²) in [6, 6.07) is 1.74. The van der Waals surface area contributed by atoms with Crippen molar-refractivity contribution in [3.8, 4) is 5.75 Å². The van der Waals surface area contributed by atoms with Gasteiger partial charge in [0, 0.05) is 6.54 Å². The predicted molar refractivity (Wildman–Crippen MR) is 70.5 cm³/mol. The lowest BCUT2D eigenvalue weighted by Crippen LogP contribution is -2.38. The molecule has 0 aliphatic carbocycles. The van der Waals surface area contributed by atoms with Crippen LogP contribution in [0.25, 0.3) is 0 Å². The van der Waals surface area contributed by atoms with E-state index in [1.165, 1.54) is 23.3 Å². The number of carbonyl (C=O) groups excluding carboxylic acids is 1. The molecule has 0 aliphatic rings. The van der Waals surface area contributed by atoms with E-state index >= 15 is 0 Å². The van der Waals surface area contributed by atoms with E-state index in [1.807, 2.05) is 6.92 Å². The van der Waals surface area contributed by atoms with Gasteiger partial charge < -0.3 is 20.6 Å². The molecular weight excluding hydrogens is 254 g/mol. The van der Waals surface area contributed by atoms with E-state index in [1.54, 1.807) is 11.4 Å². The van der Waals surface area contributed by atoms with Crippen molar-refractivity contribution in [3.05, 3.63) is 16.3 Å². The fourth-order valence-electron chi connectivity index (χ4n) is 1.51. The van der Waals surface area contributed by atoms with Gasteiger partial charge in [-0.2, -0.15) is 0 Å². The highest BCUT2D eigenvalue weighted by molar-refractivity contribution is 7.12. The second-order valence-electron chi connectivity index (χ2n) is 3.64. The number of hydrogen-bond donors (Lipinski definition) is 2. The molecule has 0 spiro atoms. The number of amidine groups is 1. The average molecular weight is 271 g/mol. The van der Waals surface area contributed by atoms with E-state index in [0.717, 1.165) is 6.42 Å². The molecule has 6 nitrogen and oxygen atoms in total. The van der Waals surface area contributed by atoms with Crippen LogP contribution < -0.4 is 10.5 Å². The third-order valence-electron chi connectivity index (χ3n) is 2.31. The minimum absolute atomic E-state index is 0.00678. The summed E-state index contributed by atoms with van der Waals surface area (Å²) < 4.78 is 5.12. The van der Waals surface area contributed by atoms with Crippen molar-refractivity contribution in [1.29, 1.82) is 0 Å². The summed E-state index contributed by atoms with van der Waals surface area (Å²) >= 11 is 1.31. The second-order valence-corrected chi connectivity index (χ2v) is 4.55. The van der Waals surface area contributed by atoms with Crippen LogP contribution in [0, 0.1) is 0 Å². The number of rotatable bonds is 6. The first kappa shape index (κ1) is 14.3. The number of oxime groups is 1. The van der Waals surface area contributed by atoms with Gasteiger partial charge in [-0.3, -0.25) is 4.79 Å². The zero-order chi connectivity index (χ0) is 13.5. The van der Waals surface area contributed by atoms with Gasteiger partial charge >= 0.3 is 0 Å². The van der Waals surface area contributed by atoms with Gasteiger partial charge in [0.15, 0.2) is 5.84 Å². The molecule has 1 rings (SSSR count). The smallest absolute Gasteiger partial charge is 0.268 e. The van der Waals surface area contributed by atoms with E-state index in [-0.39, 0.29) is 18.3 Å². The van der Waals surface area contributed by atoms with Crippen molar-refractivity contribution in [2.75, 3.05) is 20.2 Å². The Morgan fingerprint density at radius 1 is 1.67 bits per heavy atom. The molecule has 1 amide bonds. The van der Waals surface area contributed by atoms with E-state index < -0.39 is 0 Å². The lowest BCUT2D eigenvalue weighted by Gasteiger charge is -2.21. The summed E-state index contributed by atoms with van der Waals surface area (Å²) in [6.07, 6.45) is 0.790. The lowest BCUT2D eigenvalue weighted by molar-refractivity contribution is 0.0780. The Morgan fingerprint density at radius 3 is 2.94 bits per heavy atom. The molecule has 0 aromatic carbocycles. The summed E-state index contributed by atoms with van der Waals surface area (Å²) in [5.74, 6) is 0.383. The van der Waals surface area contributed by atoms with Crippen LogP contribution in [-0.2, 0) is 0 Å². The maximum absolute atomic E-state index is 12.3. The number of amides is 1. The van der Waals surface area contributed by atoms with Gasteiger partial charge in [0.1, 0.15) is 10.6 Å². The quantitative estimate of drug-likeness (QED) is 0.354. The van der Waals surface area contributed by atoms with Gasteiger partial charge in [-0.15, -0.1) is 11.3 Å². The minimum atomic E-state index is -0.171. The number of nitrogens with two attached hydrogens (primary N) is 1. The van der Waals surface area contributed by atoms with Gasteiger partial charge in [0.2, 0.25) is 0 Å². The van der Waals surface area contributed by atoms with Crippen molar-refractivity contribution in [1.82, 2.24) is 4.90 Å². The molecular formula is C11H17N3O3S. The number of hydrogen-bond acceptors (Lipinski definition) is 5. The first-order valence-electron chi connectivity index (χ1n) is 5.51. The van der Waals surface area contributed by atoms with Gasteiger partial charge in [0.25, 0.3) is 5.91 Å². The molecule has 0 aliphatic heterocycles. The van der Waals surface area contributed by atoms with Crippen LogP contribution in [0.1, 0.15) is 23.0 Å². The number of thiophene rings is 1. The maximum Gasteiger partial charge on any atom is 0.268 e. The molecule has 1 aromatic rings. The zero-order valence-electron chi connectivity index (χ0n) is 10.4. The highest BCUT2D eigenvalue weighted by Gasteiger charge is 2.21.